The van der Waals surface area contributed by atoms with Crippen LogP contribution >= 0.6 is 0 Å². The molecule has 0 radical (unpaired) electrons. The molecule has 0 spiro atoms. The SMILES string of the molecule is COC(=O)c1cn(Cc2ccccc2)c(-c2ccccc2)n1. The van der Waals surface area contributed by atoms with Gasteiger partial charge in [0.15, 0.2) is 5.69 Å². The van der Waals surface area contributed by atoms with Crippen LogP contribution in [0, 0.1) is 0 Å². The number of carbonyl (C=O) groups is 1. The lowest BCUT2D eigenvalue weighted by Gasteiger charge is -2.07. The van der Waals surface area contributed by atoms with Gasteiger partial charge in [-0.1, -0.05) is 60.7 Å². The van der Waals surface area contributed by atoms with Gasteiger partial charge in [0.25, 0.3) is 0 Å². The number of esters is 1. The van der Waals surface area contributed by atoms with Gasteiger partial charge in [0.2, 0.25) is 0 Å². The van der Waals surface area contributed by atoms with Crippen LogP contribution in [0.3, 0.4) is 0 Å². The third kappa shape index (κ3) is 2.91. The summed E-state index contributed by atoms with van der Waals surface area (Å²) in [7, 11) is 1.36. The molecule has 0 saturated heterocycles. The van der Waals surface area contributed by atoms with Crippen molar-refractivity contribution in [2.45, 2.75) is 6.54 Å². The molecule has 0 saturated carbocycles. The maximum absolute atomic E-state index is 11.8. The van der Waals surface area contributed by atoms with Gasteiger partial charge in [-0.25, -0.2) is 9.78 Å². The van der Waals surface area contributed by atoms with Crippen molar-refractivity contribution in [1.82, 2.24) is 9.55 Å². The zero-order valence-corrected chi connectivity index (χ0v) is 12.3. The van der Waals surface area contributed by atoms with Crippen molar-refractivity contribution in [2.24, 2.45) is 0 Å². The van der Waals surface area contributed by atoms with E-state index in [9.17, 15) is 4.79 Å². The largest absolute Gasteiger partial charge is 0.464 e. The van der Waals surface area contributed by atoms with Crippen LogP contribution in [-0.4, -0.2) is 22.6 Å². The first kappa shape index (κ1) is 14.1. The highest BCUT2D eigenvalue weighted by molar-refractivity contribution is 5.87. The molecule has 110 valence electrons. The molecule has 0 aliphatic heterocycles. The van der Waals surface area contributed by atoms with Gasteiger partial charge in [0.05, 0.1) is 7.11 Å². The fourth-order valence-electron chi connectivity index (χ4n) is 2.34. The van der Waals surface area contributed by atoms with Gasteiger partial charge in [0, 0.05) is 18.3 Å². The number of hydrogen-bond donors (Lipinski definition) is 0. The van der Waals surface area contributed by atoms with E-state index in [1.807, 2.05) is 65.2 Å². The zero-order valence-electron chi connectivity index (χ0n) is 12.3. The summed E-state index contributed by atoms with van der Waals surface area (Å²) in [5, 5.41) is 0. The third-order valence-electron chi connectivity index (χ3n) is 3.40. The standard InChI is InChI=1S/C18H16N2O2/c1-22-18(21)16-13-20(12-14-8-4-2-5-9-14)17(19-16)15-10-6-3-7-11-15/h2-11,13H,12H2,1H3. The van der Waals surface area contributed by atoms with Crippen molar-refractivity contribution in [1.29, 1.82) is 0 Å². The van der Waals surface area contributed by atoms with E-state index in [2.05, 4.69) is 4.98 Å². The second-order valence-electron chi connectivity index (χ2n) is 4.92. The van der Waals surface area contributed by atoms with Crippen molar-refractivity contribution >= 4 is 5.97 Å². The number of methoxy groups -OCH3 is 1. The fraction of sp³-hybridized carbons (Fsp3) is 0.111. The Balaban J connectivity index is 2.03. The van der Waals surface area contributed by atoms with Crippen molar-refractivity contribution in [3.63, 3.8) is 0 Å². The van der Waals surface area contributed by atoms with E-state index < -0.39 is 5.97 Å². The number of aromatic nitrogens is 2. The third-order valence-corrected chi connectivity index (χ3v) is 3.40. The van der Waals surface area contributed by atoms with Crippen molar-refractivity contribution in [3.05, 3.63) is 78.1 Å². The maximum Gasteiger partial charge on any atom is 0.358 e. The van der Waals surface area contributed by atoms with Gasteiger partial charge in [-0.15, -0.1) is 0 Å². The molecular weight excluding hydrogens is 276 g/mol. The van der Waals surface area contributed by atoms with E-state index in [0.717, 1.165) is 17.0 Å². The van der Waals surface area contributed by atoms with Crippen LogP contribution in [0.5, 0.6) is 0 Å². The predicted molar refractivity (Wildman–Crippen MR) is 84.5 cm³/mol. The average molecular weight is 292 g/mol. The number of rotatable bonds is 4. The summed E-state index contributed by atoms with van der Waals surface area (Å²) in [5.74, 6) is 0.328. The second-order valence-corrected chi connectivity index (χ2v) is 4.92. The normalized spacial score (nSPS) is 10.4. The summed E-state index contributed by atoms with van der Waals surface area (Å²) in [6.45, 7) is 0.648. The first-order chi connectivity index (χ1) is 10.8. The topological polar surface area (TPSA) is 44.1 Å². The number of nitrogens with zero attached hydrogens (tertiary/aromatic N) is 2. The van der Waals surface area contributed by atoms with Gasteiger partial charge in [-0.3, -0.25) is 0 Å². The minimum atomic E-state index is -0.427. The Morgan fingerprint density at radius 2 is 1.68 bits per heavy atom. The number of carbonyl (C=O) groups excluding carboxylic acids is 1. The minimum Gasteiger partial charge on any atom is -0.464 e. The molecule has 0 fully saturated rings. The van der Waals surface area contributed by atoms with Gasteiger partial charge in [-0.05, 0) is 5.56 Å². The molecule has 22 heavy (non-hydrogen) atoms. The van der Waals surface area contributed by atoms with E-state index in [1.54, 1.807) is 6.20 Å². The lowest BCUT2D eigenvalue weighted by molar-refractivity contribution is 0.0594. The lowest BCUT2D eigenvalue weighted by Crippen LogP contribution is -2.01. The van der Waals surface area contributed by atoms with Gasteiger partial charge >= 0.3 is 5.97 Å². The summed E-state index contributed by atoms with van der Waals surface area (Å²) >= 11 is 0. The predicted octanol–water partition coefficient (Wildman–Crippen LogP) is 3.39. The molecule has 0 aliphatic rings. The van der Waals surface area contributed by atoms with Crippen molar-refractivity contribution in [3.8, 4) is 11.4 Å². The molecule has 0 aliphatic carbocycles. The molecule has 1 aromatic heterocycles. The molecule has 0 unspecified atom stereocenters. The molecule has 0 bridgehead atoms. The quantitative estimate of drug-likeness (QED) is 0.692. The summed E-state index contributed by atoms with van der Waals surface area (Å²) < 4.78 is 6.75. The van der Waals surface area contributed by atoms with Crippen LogP contribution in [0.4, 0.5) is 0 Å². The van der Waals surface area contributed by atoms with Crippen LogP contribution in [0.1, 0.15) is 16.1 Å². The molecule has 4 heteroatoms. The van der Waals surface area contributed by atoms with Crippen LogP contribution < -0.4 is 0 Å². The number of imidazole rings is 1. The Morgan fingerprint density at radius 1 is 1.05 bits per heavy atom. The summed E-state index contributed by atoms with van der Waals surface area (Å²) in [4.78, 5) is 16.2. The molecule has 0 N–H and O–H groups in total. The van der Waals surface area contributed by atoms with Crippen molar-refractivity contribution < 1.29 is 9.53 Å². The Hall–Kier alpha value is -2.88. The van der Waals surface area contributed by atoms with E-state index in [1.165, 1.54) is 7.11 Å². The number of ether oxygens (including phenoxy) is 1. The molecular formula is C18H16N2O2. The van der Waals surface area contributed by atoms with Gasteiger partial charge in [-0.2, -0.15) is 0 Å². The molecule has 2 aromatic carbocycles. The Bertz CT molecular complexity index is 764. The van der Waals surface area contributed by atoms with Crippen LogP contribution in [0.2, 0.25) is 0 Å². The monoisotopic (exact) mass is 292 g/mol. The van der Waals surface area contributed by atoms with Crippen LogP contribution in [-0.2, 0) is 11.3 Å². The van der Waals surface area contributed by atoms with Crippen LogP contribution in [0.25, 0.3) is 11.4 Å². The number of benzene rings is 2. The van der Waals surface area contributed by atoms with E-state index >= 15 is 0 Å². The van der Waals surface area contributed by atoms with Crippen LogP contribution in [0.15, 0.2) is 66.9 Å². The fourth-order valence-corrected chi connectivity index (χ4v) is 2.34. The molecule has 0 amide bonds. The van der Waals surface area contributed by atoms with Gasteiger partial charge < -0.3 is 9.30 Å². The minimum absolute atomic E-state index is 0.317. The molecule has 0 atom stereocenters. The second kappa shape index (κ2) is 6.26. The summed E-state index contributed by atoms with van der Waals surface area (Å²) in [6.07, 6.45) is 1.74. The van der Waals surface area contributed by atoms with E-state index in [-0.39, 0.29) is 0 Å². The zero-order chi connectivity index (χ0) is 15.4. The first-order valence-electron chi connectivity index (χ1n) is 7.03. The summed E-state index contributed by atoms with van der Waals surface area (Å²) in [5.41, 5.74) is 2.43. The van der Waals surface area contributed by atoms with Gasteiger partial charge in [0.1, 0.15) is 5.82 Å². The highest BCUT2D eigenvalue weighted by atomic mass is 16.5. The Morgan fingerprint density at radius 3 is 2.32 bits per heavy atom. The van der Waals surface area contributed by atoms with Crippen molar-refractivity contribution in [2.75, 3.05) is 7.11 Å². The number of hydrogen-bond acceptors (Lipinski definition) is 3. The molecule has 3 rings (SSSR count). The Kier molecular flexibility index (Phi) is 4.01. The first-order valence-corrected chi connectivity index (χ1v) is 7.03. The molecule has 1 heterocycles. The van der Waals surface area contributed by atoms with E-state index in [0.29, 0.717) is 12.2 Å². The molecule has 4 nitrogen and oxygen atoms in total. The molecule has 3 aromatic rings. The van der Waals surface area contributed by atoms with E-state index in [4.69, 9.17) is 4.74 Å². The highest BCUT2D eigenvalue weighted by Gasteiger charge is 2.15. The average Bonchev–Trinajstić information content (AvgIpc) is 3.00. The summed E-state index contributed by atoms with van der Waals surface area (Å²) in [6, 6.07) is 19.9. The lowest BCUT2D eigenvalue weighted by atomic mass is 10.2. The maximum atomic E-state index is 11.8. The smallest absolute Gasteiger partial charge is 0.358 e. The highest BCUT2D eigenvalue weighted by Crippen LogP contribution is 2.20. The Labute approximate surface area is 129 Å².